The fourth-order valence-electron chi connectivity index (χ4n) is 1.32. The minimum atomic E-state index is -1.09. The normalized spacial score (nSPS) is 10.7. The maximum atomic E-state index is 10.8. The second-order valence-corrected chi connectivity index (χ2v) is 3.31. The predicted octanol–water partition coefficient (Wildman–Crippen LogP) is 0.582. The van der Waals surface area contributed by atoms with Crippen LogP contribution in [0.25, 0.3) is 5.65 Å². The average molecular weight is 225 g/mol. The first-order valence-corrected chi connectivity index (χ1v) is 4.48. The Bertz CT molecular complexity index is 586. The van der Waals surface area contributed by atoms with Gasteiger partial charge < -0.3 is 10.2 Å². The number of hydrogen-bond donors (Lipinski definition) is 3. The van der Waals surface area contributed by atoms with Gasteiger partial charge in [0.15, 0.2) is 5.65 Å². The molecular weight excluding hydrogens is 218 g/mol. The van der Waals surface area contributed by atoms with Crippen LogP contribution in [0, 0.1) is 4.64 Å². The molecule has 7 heteroatoms. The Morgan fingerprint density at radius 2 is 2.40 bits per heavy atom. The fraction of sp³-hybridized carbons (Fsp3) is 0.125. The summed E-state index contributed by atoms with van der Waals surface area (Å²) in [5, 5.41) is 20.6. The molecule has 2 heterocycles. The maximum Gasteiger partial charge on any atom is 0.341 e. The highest BCUT2D eigenvalue weighted by Gasteiger charge is 2.13. The van der Waals surface area contributed by atoms with Crippen molar-refractivity contribution in [3.63, 3.8) is 0 Å². The number of carbonyl (C=O) groups is 1. The van der Waals surface area contributed by atoms with E-state index in [0.717, 1.165) is 0 Å². The first kappa shape index (κ1) is 9.81. The Balaban J connectivity index is 2.87. The van der Waals surface area contributed by atoms with Gasteiger partial charge in [-0.25, -0.2) is 14.3 Å². The molecule has 3 N–H and O–H groups in total. The molecule has 15 heavy (non-hydrogen) atoms. The summed E-state index contributed by atoms with van der Waals surface area (Å²) >= 11 is 4.86. The van der Waals surface area contributed by atoms with Crippen molar-refractivity contribution < 1.29 is 15.0 Å². The lowest BCUT2D eigenvalue weighted by Crippen LogP contribution is -2.02. The summed E-state index contributed by atoms with van der Waals surface area (Å²) in [4.78, 5) is 14.7. The minimum Gasteiger partial charge on any atom is -0.477 e. The molecule has 78 valence electrons. The second-order valence-electron chi connectivity index (χ2n) is 2.90. The van der Waals surface area contributed by atoms with Crippen LogP contribution in [0.2, 0.25) is 0 Å². The molecule has 0 saturated carbocycles. The van der Waals surface area contributed by atoms with Crippen molar-refractivity contribution in [1.82, 2.24) is 14.6 Å². The number of aliphatic hydroxyl groups excluding tert-OH is 1. The van der Waals surface area contributed by atoms with E-state index >= 15 is 0 Å². The number of nitrogens with one attached hydrogen (secondary N) is 1. The summed E-state index contributed by atoms with van der Waals surface area (Å²) < 4.78 is 1.64. The molecule has 0 bridgehead atoms. The van der Waals surface area contributed by atoms with Gasteiger partial charge in [-0.2, -0.15) is 0 Å². The third-order valence-electron chi connectivity index (χ3n) is 1.98. The van der Waals surface area contributed by atoms with Crippen LogP contribution in [0.3, 0.4) is 0 Å². The number of nitrogens with zero attached hydrogens (tertiary/aromatic N) is 2. The fourth-order valence-corrected chi connectivity index (χ4v) is 1.54. The van der Waals surface area contributed by atoms with Crippen LogP contribution in [-0.4, -0.2) is 30.8 Å². The zero-order chi connectivity index (χ0) is 11.0. The number of carboxylic acids is 1. The second kappa shape index (κ2) is 3.44. The topological polar surface area (TPSA) is 90.6 Å². The van der Waals surface area contributed by atoms with E-state index in [-0.39, 0.29) is 22.5 Å². The quantitative estimate of drug-likeness (QED) is 0.650. The van der Waals surface area contributed by atoms with Gasteiger partial charge in [0.25, 0.3) is 0 Å². The third kappa shape index (κ3) is 1.51. The Kier molecular flexibility index (Phi) is 2.25. The van der Waals surface area contributed by atoms with E-state index in [1.807, 2.05) is 0 Å². The van der Waals surface area contributed by atoms with Crippen molar-refractivity contribution in [3.05, 3.63) is 28.2 Å². The van der Waals surface area contributed by atoms with Gasteiger partial charge in [0, 0.05) is 6.20 Å². The minimum absolute atomic E-state index is 0.0244. The van der Waals surface area contributed by atoms with Gasteiger partial charge in [-0.15, -0.1) is 0 Å². The number of hydrogen-bond acceptors (Lipinski definition) is 4. The first-order valence-electron chi connectivity index (χ1n) is 4.07. The van der Waals surface area contributed by atoms with Crippen molar-refractivity contribution in [2.24, 2.45) is 0 Å². The first-order chi connectivity index (χ1) is 7.13. The number of aromatic amines is 1. The van der Waals surface area contributed by atoms with E-state index < -0.39 is 5.97 Å². The standard InChI is InChI=1S/C8H7N3O3S/c12-3-4-1-6(15)10-7-5(8(13)14)2-9-11(4)7/h1-2,9,12H,3H2,(H,13,14). The molecule has 0 amide bonds. The van der Waals surface area contributed by atoms with E-state index in [1.54, 1.807) is 0 Å². The van der Waals surface area contributed by atoms with E-state index in [2.05, 4.69) is 10.1 Å². The van der Waals surface area contributed by atoms with E-state index in [4.69, 9.17) is 22.4 Å². The van der Waals surface area contributed by atoms with Crippen molar-refractivity contribution in [2.75, 3.05) is 0 Å². The molecule has 0 fully saturated rings. The lowest BCUT2D eigenvalue weighted by molar-refractivity contribution is 0.0698. The number of aromatic nitrogens is 3. The molecule has 0 unspecified atom stereocenters. The van der Waals surface area contributed by atoms with Gasteiger partial charge in [0.1, 0.15) is 10.2 Å². The van der Waals surface area contributed by atoms with Crippen molar-refractivity contribution in [2.45, 2.75) is 6.61 Å². The van der Waals surface area contributed by atoms with Gasteiger partial charge in [-0.1, -0.05) is 12.2 Å². The van der Waals surface area contributed by atoms with Crippen LogP contribution in [0.4, 0.5) is 0 Å². The molecule has 6 nitrogen and oxygen atoms in total. The average Bonchev–Trinajstić information content (AvgIpc) is 2.59. The Labute approximate surface area is 88.8 Å². The number of rotatable bonds is 2. The molecule has 0 spiro atoms. The molecule has 0 aliphatic rings. The Morgan fingerprint density at radius 3 is 3.00 bits per heavy atom. The summed E-state index contributed by atoms with van der Waals surface area (Å²) in [5.74, 6) is -1.09. The monoisotopic (exact) mass is 225 g/mol. The Morgan fingerprint density at radius 1 is 1.67 bits per heavy atom. The maximum absolute atomic E-state index is 10.8. The van der Waals surface area contributed by atoms with Crippen LogP contribution in [0.5, 0.6) is 0 Å². The van der Waals surface area contributed by atoms with Crippen molar-refractivity contribution >= 4 is 23.8 Å². The van der Waals surface area contributed by atoms with Crippen LogP contribution < -0.4 is 0 Å². The molecule has 0 aliphatic heterocycles. The van der Waals surface area contributed by atoms with Crippen molar-refractivity contribution in [1.29, 1.82) is 0 Å². The highest BCUT2D eigenvalue weighted by molar-refractivity contribution is 7.71. The number of carboxylic acid groups (broad SMARTS) is 1. The van der Waals surface area contributed by atoms with E-state index in [0.29, 0.717) is 5.69 Å². The highest BCUT2D eigenvalue weighted by atomic mass is 32.1. The van der Waals surface area contributed by atoms with Crippen LogP contribution in [-0.2, 0) is 6.61 Å². The largest absolute Gasteiger partial charge is 0.477 e. The molecule has 0 radical (unpaired) electrons. The zero-order valence-electron chi connectivity index (χ0n) is 7.47. The van der Waals surface area contributed by atoms with Crippen molar-refractivity contribution in [3.8, 4) is 0 Å². The summed E-state index contributed by atoms with van der Waals surface area (Å²) in [7, 11) is 0. The van der Waals surface area contributed by atoms with Gasteiger partial charge in [-0.05, 0) is 6.07 Å². The molecule has 2 aromatic heterocycles. The predicted molar refractivity (Wildman–Crippen MR) is 53.3 cm³/mol. The lowest BCUT2D eigenvalue weighted by Gasteiger charge is -2.00. The SMILES string of the molecule is O=C(O)c1c[nH]n2c(CO)cc(=S)nc12. The summed E-state index contributed by atoms with van der Waals surface area (Å²) in [6, 6.07) is 1.50. The molecule has 0 atom stereocenters. The molecule has 0 aliphatic carbocycles. The number of aromatic carboxylic acids is 1. The Hall–Kier alpha value is -1.73. The third-order valence-corrected chi connectivity index (χ3v) is 2.19. The summed E-state index contributed by atoms with van der Waals surface area (Å²) in [6.07, 6.45) is 1.30. The molecule has 0 aromatic carbocycles. The van der Waals surface area contributed by atoms with Crippen LogP contribution >= 0.6 is 12.2 Å². The van der Waals surface area contributed by atoms with E-state index in [9.17, 15) is 4.79 Å². The zero-order valence-corrected chi connectivity index (χ0v) is 8.28. The highest BCUT2D eigenvalue weighted by Crippen LogP contribution is 2.10. The van der Waals surface area contributed by atoms with Gasteiger partial charge in [-0.3, -0.25) is 5.10 Å². The smallest absolute Gasteiger partial charge is 0.341 e. The number of H-pyrrole nitrogens is 1. The number of fused-ring (bicyclic) bond motifs is 1. The van der Waals surface area contributed by atoms with Gasteiger partial charge in [0.2, 0.25) is 0 Å². The van der Waals surface area contributed by atoms with Crippen LogP contribution in [0.1, 0.15) is 16.1 Å². The molecule has 2 rings (SSSR count). The number of aliphatic hydroxyl groups is 1. The molecular formula is C8H7N3O3S. The summed E-state index contributed by atoms with van der Waals surface area (Å²) in [6.45, 7) is -0.243. The van der Waals surface area contributed by atoms with Gasteiger partial charge in [0.05, 0.1) is 12.3 Å². The lowest BCUT2D eigenvalue weighted by atomic mass is 10.3. The van der Waals surface area contributed by atoms with E-state index in [1.165, 1.54) is 16.8 Å². The van der Waals surface area contributed by atoms with Gasteiger partial charge >= 0.3 is 5.97 Å². The molecule has 2 aromatic rings. The van der Waals surface area contributed by atoms with Crippen LogP contribution in [0.15, 0.2) is 12.3 Å². The summed E-state index contributed by atoms with van der Waals surface area (Å²) in [5.41, 5.74) is 0.702. The molecule has 0 saturated heterocycles.